The zero-order valence-corrected chi connectivity index (χ0v) is 17.0. The van der Waals surface area contributed by atoms with E-state index < -0.39 is 0 Å². The predicted octanol–water partition coefficient (Wildman–Crippen LogP) is 4.60. The number of piperidine rings is 1. The van der Waals surface area contributed by atoms with E-state index in [0.29, 0.717) is 28.5 Å². The Labute approximate surface area is 172 Å². The van der Waals surface area contributed by atoms with Gasteiger partial charge in [0.05, 0.1) is 5.75 Å². The van der Waals surface area contributed by atoms with Crippen LogP contribution in [0.5, 0.6) is 0 Å². The largest absolute Gasteiger partial charge is 0.341 e. The first-order valence-corrected chi connectivity index (χ1v) is 11.1. The van der Waals surface area contributed by atoms with Gasteiger partial charge in [-0.15, -0.1) is 10.2 Å². The smallest absolute Gasteiger partial charge is 0.237 e. The quantitative estimate of drug-likeness (QED) is 0.543. The molecule has 0 spiro atoms. The average Bonchev–Trinajstić information content (AvgIpc) is 3.30. The lowest BCUT2D eigenvalue weighted by Crippen LogP contribution is -2.31. The second-order valence-corrected chi connectivity index (χ2v) is 8.62. The lowest BCUT2D eigenvalue weighted by Gasteiger charge is -2.27. The zero-order chi connectivity index (χ0) is 18.9. The van der Waals surface area contributed by atoms with E-state index in [2.05, 4.69) is 29.8 Å². The van der Waals surface area contributed by atoms with Crippen molar-refractivity contribution in [2.24, 2.45) is 0 Å². The molecule has 1 saturated carbocycles. The Hall–Kier alpha value is -2.06. The summed E-state index contributed by atoms with van der Waals surface area (Å²) in [6.07, 6.45) is 6.18. The van der Waals surface area contributed by atoms with E-state index in [1.54, 1.807) is 11.8 Å². The molecule has 0 amide bonds. The first kappa shape index (κ1) is 18.0. The van der Waals surface area contributed by atoms with Crippen LogP contribution in [0.3, 0.4) is 0 Å². The van der Waals surface area contributed by atoms with E-state index in [1.807, 2.05) is 24.3 Å². The third kappa shape index (κ3) is 3.75. The van der Waals surface area contributed by atoms with Crippen molar-refractivity contribution >= 4 is 29.3 Å². The number of thioether (sulfide) groups is 1. The number of hydrogen-bond acceptors (Lipinski definition) is 7. The van der Waals surface area contributed by atoms with Crippen molar-refractivity contribution in [2.75, 3.05) is 18.0 Å². The minimum atomic E-state index is 0.529. The van der Waals surface area contributed by atoms with Crippen LogP contribution in [-0.4, -0.2) is 38.0 Å². The highest BCUT2D eigenvalue weighted by atomic mass is 35.5. The van der Waals surface area contributed by atoms with Crippen molar-refractivity contribution in [1.29, 1.82) is 0 Å². The highest BCUT2D eigenvalue weighted by Crippen LogP contribution is 2.41. The standard InChI is InChI=1S/C19H21ClN6OS/c20-14-6-4-13(5-7-14)17-21-16(27-24-17)12-28-19-23-22-18(26(19)15-8-9-15)25-10-2-1-3-11-25/h4-7,15H,1-3,8-12H2. The van der Waals surface area contributed by atoms with E-state index >= 15 is 0 Å². The maximum Gasteiger partial charge on any atom is 0.237 e. The number of hydrogen-bond donors (Lipinski definition) is 0. The molecule has 0 N–H and O–H groups in total. The molecule has 146 valence electrons. The lowest BCUT2D eigenvalue weighted by molar-refractivity contribution is 0.391. The number of benzene rings is 1. The summed E-state index contributed by atoms with van der Waals surface area (Å²) in [6, 6.07) is 7.95. The van der Waals surface area contributed by atoms with Gasteiger partial charge in [0.15, 0.2) is 5.16 Å². The van der Waals surface area contributed by atoms with Gasteiger partial charge in [-0.05, 0) is 56.4 Å². The van der Waals surface area contributed by atoms with Crippen molar-refractivity contribution in [3.05, 3.63) is 35.2 Å². The van der Waals surface area contributed by atoms with Gasteiger partial charge in [-0.1, -0.05) is 28.5 Å². The molecule has 3 heterocycles. The fourth-order valence-electron chi connectivity index (χ4n) is 3.49. The molecule has 2 fully saturated rings. The summed E-state index contributed by atoms with van der Waals surface area (Å²) >= 11 is 7.55. The van der Waals surface area contributed by atoms with Crippen LogP contribution in [0.4, 0.5) is 5.95 Å². The predicted molar refractivity (Wildman–Crippen MR) is 109 cm³/mol. The van der Waals surface area contributed by atoms with Crippen LogP contribution >= 0.6 is 23.4 Å². The fourth-order valence-corrected chi connectivity index (χ4v) is 4.45. The lowest BCUT2D eigenvalue weighted by atomic mass is 10.1. The molecule has 3 aromatic rings. The maximum absolute atomic E-state index is 5.94. The Bertz CT molecular complexity index is 946. The molecule has 7 nitrogen and oxygen atoms in total. The Morgan fingerprint density at radius 2 is 1.86 bits per heavy atom. The SMILES string of the molecule is Clc1ccc(-c2noc(CSc3nnc(N4CCCCC4)n3C3CC3)n2)cc1. The molecule has 9 heteroatoms. The Kier molecular flexibility index (Phi) is 4.98. The van der Waals surface area contributed by atoms with Gasteiger partial charge in [0.2, 0.25) is 17.7 Å². The van der Waals surface area contributed by atoms with Gasteiger partial charge in [-0.25, -0.2) is 0 Å². The summed E-state index contributed by atoms with van der Waals surface area (Å²) in [5, 5.41) is 14.7. The third-order valence-corrected chi connectivity index (χ3v) is 6.27. The molecule has 1 aliphatic heterocycles. The van der Waals surface area contributed by atoms with Crippen LogP contribution in [0, 0.1) is 0 Å². The van der Waals surface area contributed by atoms with Crippen molar-refractivity contribution in [1.82, 2.24) is 24.9 Å². The molecule has 0 radical (unpaired) electrons. The van der Waals surface area contributed by atoms with Crippen LogP contribution in [0.25, 0.3) is 11.4 Å². The summed E-state index contributed by atoms with van der Waals surface area (Å²) in [6.45, 7) is 2.15. The molecule has 1 aromatic carbocycles. The first-order chi connectivity index (χ1) is 13.8. The van der Waals surface area contributed by atoms with Crippen LogP contribution in [-0.2, 0) is 5.75 Å². The number of anilines is 1. The van der Waals surface area contributed by atoms with Crippen LogP contribution in [0.15, 0.2) is 33.9 Å². The normalized spacial score (nSPS) is 17.2. The number of halogens is 1. The van der Waals surface area contributed by atoms with Crippen LogP contribution in [0.2, 0.25) is 5.02 Å². The van der Waals surface area contributed by atoms with Gasteiger partial charge in [-0.3, -0.25) is 4.57 Å². The van der Waals surface area contributed by atoms with E-state index in [1.165, 1.54) is 32.1 Å². The summed E-state index contributed by atoms with van der Waals surface area (Å²) in [5.74, 6) is 2.76. The third-order valence-electron chi connectivity index (χ3n) is 5.09. The van der Waals surface area contributed by atoms with E-state index in [-0.39, 0.29) is 0 Å². The molecule has 0 bridgehead atoms. The second-order valence-electron chi connectivity index (χ2n) is 7.24. The summed E-state index contributed by atoms with van der Waals surface area (Å²) in [5.41, 5.74) is 0.887. The maximum atomic E-state index is 5.94. The fraction of sp³-hybridized carbons (Fsp3) is 0.474. The van der Waals surface area contributed by atoms with Crippen molar-refractivity contribution < 1.29 is 4.52 Å². The van der Waals surface area contributed by atoms with Crippen molar-refractivity contribution in [2.45, 2.75) is 49.1 Å². The molecule has 1 saturated heterocycles. The van der Waals surface area contributed by atoms with Gasteiger partial charge in [0, 0.05) is 29.7 Å². The summed E-state index contributed by atoms with van der Waals surface area (Å²) in [7, 11) is 0. The molecule has 2 aliphatic rings. The zero-order valence-electron chi connectivity index (χ0n) is 15.4. The van der Waals surface area contributed by atoms with Gasteiger partial charge in [0.1, 0.15) is 0 Å². The number of aromatic nitrogens is 5. The highest BCUT2D eigenvalue weighted by Gasteiger charge is 2.32. The molecule has 28 heavy (non-hydrogen) atoms. The molecule has 5 rings (SSSR count). The van der Waals surface area contributed by atoms with E-state index in [4.69, 9.17) is 16.1 Å². The molecular formula is C19H21ClN6OS. The Morgan fingerprint density at radius 3 is 2.61 bits per heavy atom. The van der Waals surface area contributed by atoms with Gasteiger partial charge in [0.25, 0.3) is 0 Å². The first-order valence-electron chi connectivity index (χ1n) is 9.69. The Morgan fingerprint density at radius 1 is 1.07 bits per heavy atom. The van der Waals surface area contributed by atoms with Crippen LogP contribution < -0.4 is 4.90 Å². The van der Waals surface area contributed by atoms with Gasteiger partial charge in [-0.2, -0.15) is 4.98 Å². The minimum absolute atomic E-state index is 0.529. The minimum Gasteiger partial charge on any atom is -0.341 e. The molecule has 1 aliphatic carbocycles. The molecule has 0 unspecified atom stereocenters. The summed E-state index contributed by atoms with van der Waals surface area (Å²) in [4.78, 5) is 6.88. The average molecular weight is 417 g/mol. The number of rotatable bonds is 6. The van der Waals surface area contributed by atoms with Crippen molar-refractivity contribution in [3.8, 4) is 11.4 Å². The summed E-state index contributed by atoms with van der Waals surface area (Å²) < 4.78 is 7.74. The topological polar surface area (TPSA) is 72.9 Å². The molecular weight excluding hydrogens is 396 g/mol. The van der Waals surface area contributed by atoms with E-state index in [9.17, 15) is 0 Å². The highest BCUT2D eigenvalue weighted by molar-refractivity contribution is 7.98. The molecule has 2 aromatic heterocycles. The number of nitrogens with zero attached hydrogens (tertiary/aromatic N) is 6. The van der Waals surface area contributed by atoms with Crippen molar-refractivity contribution in [3.63, 3.8) is 0 Å². The van der Waals surface area contributed by atoms with Gasteiger partial charge < -0.3 is 9.42 Å². The molecule has 0 atom stereocenters. The van der Waals surface area contributed by atoms with E-state index in [0.717, 1.165) is 29.8 Å². The second kappa shape index (κ2) is 7.75. The van der Waals surface area contributed by atoms with Gasteiger partial charge >= 0.3 is 0 Å². The van der Waals surface area contributed by atoms with Crippen LogP contribution in [0.1, 0.15) is 44.0 Å². The Balaban J connectivity index is 1.30. The monoisotopic (exact) mass is 416 g/mol.